The van der Waals surface area contributed by atoms with Gasteiger partial charge in [0.05, 0.1) is 5.69 Å². The number of piperidine rings is 1. The van der Waals surface area contributed by atoms with Gasteiger partial charge in [-0.15, -0.1) is 0 Å². The molecule has 0 N–H and O–H groups in total. The van der Waals surface area contributed by atoms with Crippen LogP contribution in [0.4, 0.5) is 6.01 Å². The molecule has 4 heteroatoms. The van der Waals surface area contributed by atoms with Crippen molar-refractivity contribution in [3.05, 3.63) is 11.5 Å². The molecule has 0 unspecified atom stereocenters. The quantitative estimate of drug-likeness (QED) is 0.673. The molecule has 1 aromatic rings. The fourth-order valence-corrected chi connectivity index (χ4v) is 1.72. The number of nitrogens with zero attached hydrogens (tertiary/aromatic N) is 2. The van der Waals surface area contributed by atoms with E-state index in [4.69, 9.17) is 4.42 Å². The van der Waals surface area contributed by atoms with Gasteiger partial charge in [-0.05, 0) is 26.2 Å². The Morgan fingerprint density at radius 3 is 2.64 bits per heavy atom. The highest BCUT2D eigenvalue weighted by molar-refractivity contribution is 5.72. The molecule has 0 saturated carbocycles. The van der Waals surface area contributed by atoms with Crippen LogP contribution in [0.3, 0.4) is 0 Å². The molecule has 1 aliphatic heterocycles. The molecule has 1 aliphatic rings. The van der Waals surface area contributed by atoms with Gasteiger partial charge in [-0.3, -0.25) is 4.79 Å². The molecule has 0 bridgehead atoms. The van der Waals surface area contributed by atoms with Gasteiger partial charge in [0, 0.05) is 13.1 Å². The Balaban J connectivity index is 2.18. The van der Waals surface area contributed by atoms with Crippen molar-refractivity contribution in [1.29, 1.82) is 0 Å². The van der Waals surface area contributed by atoms with Crippen molar-refractivity contribution in [2.75, 3.05) is 18.0 Å². The average Bonchev–Trinajstić information content (AvgIpc) is 2.61. The SMILES string of the molecule is Cc1nc(N2CCCCC2)oc1C=O. The molecule has 14 heavy (non-hydrogen) atoms. The van der Waals surface area contributed by atoms with Crippen molar-refractivity contribution in [1.82, 2.24) is 4.98 Å². The molecule has 0 radical (unpaired) electrons. The lowest BCUT2D eigenvalue weighted by molar-refractivity contribution is 0.110. The highest BCUT2D eigenvalue weighted by Crippen LogP contribution is 2.20. The van der Waals surface area contributed by atoms with Gasteiger partial charge in [0.1, 0.15) is 0 Å². The Kier molecular flexibility index (Phi) is 2.52. The molecule has 1 aromatic heterocycles. The van der Waals surface area contributed by atoms with E-state index < -0.39 is 0 Å². The summed E-state index contributed by atoms with van der Waals surface area (Å²) in [6.07, 6.45) is 4.35. The van der Waals surface area contributed by atoms with Gasteiger partial charge in [-0.2, -0.15) is 4.98 Å². The third kappa shape index (κ3) is 1.64. The van der Waals surface area contributed by atoms with Crippen molar-refractivity contribution in [2.45, 2.75) is 26.2 Å². The van der Waals surface area contributed by atoms with Crippen LogP contribution in [0.25, 0.3) is 0 Å². The van der Waals surface area contributed by atoms with E-state index in [2.05, 4.69) is 9.88 Å². The van der Waals surface area contributed by atoms with Crippen molar-refractivity contribution in [3.8, 4) is 0 Å². The van der Waals surface area contributed by atoms with E-state index >= 15 is 0 Å². The Labute approximate surface area is 82.9 Å². The minimum atomic E-state index is 0.352. The molecule has 0 amide bonds. The minimum absolute atomic E-state index is 0.352. The van der Waals surface area contributed by atoms with Crippen LogP contribution >= 0.6 is 0 Å². The summed E-state index contributed by atoms with van der Waals surface area (Å²) >= 11 is 0. The number of aldehydes is 1. The molecular formula is C10H14N2O2. The number of aromatic nitrogens is 1. The Hall–Kier alpha value is -1.32. The minimum Gasteiger partial charge on any atom is -0.420 e. The lowest BCUT2D eigenvalue weighted by Crippen LogP contribution is -2.29. The van der Waals surface area contributed by atoms with E-state index in [1.807, 2.05) is 0 Å². The van der Waals surface area contributed by atoms with Gasteiger partial charge < -0.3 is 9.32 Å². The molecule has 0 aromatic carbocycles. The second-order valence-corrected chi connectivity index (χ2v) is 3.61. The molecule has 4 nitrogen and oxygen atoms in total. The molecule has 0 atom stereocenters. The van der Waals surface area contributed by atoms with Crippen LogP contribution in [0, 0.1) is 6.92 Å². The van der Waals surface area contributed by atoms with Crippen molar-refractivity contribution >= 4 is 12.3 Å². The number of oxazole rings is 1. The summed E-state index contributed by atoms with van der Waals surface area (Å²) in [5, 5.41) is 0. The number of carbonyl (C=O) groups excluding carboxylic acids is 1. The van der Waals surface area contributed by atoms with Crippen LogP contribution in [-0.4, -0.2) is 24.4 Å². The van der Waals surface area contributed by atoms with Gasteiger partial charge in [0.15, 0.2) is 12.0 Å². The maximum absolute atomic E-state index is 10.6. The number of rotatable bonds is 2. The fraction of sp³-hybridized carbons (Fsp3) is 0.600. The van der Waals surface area contributed by atoms with Crippen LogP contribution in [0.15, 0.2) is 4.42 Å². The summed E-state index contributed by atoms with van der Waals surface area (Å²) in [7, 11) is 0. The van der Waals surface area contributed by atoms with Gasteiger partial charge in [0.25, 0.3) is 6.01 Å². The third-order valence-electron chi connectivity index (χ3n) is 2.55. The van der Waals surface area contributed by atoms with Crippen molar-refractivity contribution in [2.24, 2.45) is 0 Å². The Morgan fingerprint density at radius 1 is 1.36 bits per heavy atom. The molecular weight excluding hydrogens is 180 g/mol. The summed E-state index contributed by atoms with van der Waals surface area (Å²) in [6, 6.07) is 0.601. The highest BCUT2D eigenvalue weighted by Gasteiger charge is 2.17. The van der Waals surface area contributed by atoms with E-state index in [9.17, 15) is 4.79 Å². The summed E-state index contributed by atoms with van der Waals surface area (Å²) in [4.78, 5) is 16.9. The van der Waals surface area contributed by atoms with Crippen LogP contribution in [0.2, 0.25) is 0 Å². The first-order chi connectivity index (χ1) is 6.81. The number of carbonyl (C=O) groups is 1. The largest absolute Gasteiger partial charge is 0.420 e. The average molecular weight is 194 g/mol. The summed E-state index contributed by atoms with van der Waals surface area (Å²) < 4.78 is 5.35. The van der Waals surface area contributed by atoms with Crippen molar-refractivity contribution in [3.63, 3.8) is 0 Å². The first kappa shape index (κ1) is 9.24. The number of aryl methyl sites for hydroxylation is 1. The highest BCUT2D eigenvalue weighted by atomic mass is 16.4. The van der Waals surface area contributed by atoms with Crippen LogP contribution < -0.4 is 4.90 Å². The van der Waals surface area contributed by atoms with E-state index in [0.717, 1.165) is 19.4 Å². The predicted molar refractivity (Wildman–Crippen MR) is 52.7 cm³/mol. The topological polar surface area (TPSA) is 46.3 Å². The lowest BCUT2D eigenvalue weighted by atomic mass is 10.1. The third-order valence-corrected chi connectivity index (χ3v) is 2.55. The monoisotopic (exact) mass is 194 g/mol. The summed E-state index contributed by atoms with van der Waals surface area (Å²) in [5.41, 5.74) is 0.681. The molecule has 0 spiro atoms. The maximum atomic E-state index is 10.6. The van der Waals surface area contributed by atoms with E-state index in [-0.39, 0.29) is 0 Å². The second kappa shape index (κ2) is 3.82. The first-order valence-electron chi connectivity index (χ1n) is 4.99. The fourth-order valence-electron chi connectivity index (χ4n) is 1.72. The molecule has 1 saturated heterocycles. The van der Waals surface area contributed by atoms with E-state index in [1.54, 1.807) is 6.92 Å². The molecule has 76 valence electrons. The molecule has 2 rings (SSSR count). The molecule has 1 fully saturated rings. The van der Waals surface area contributed by atoms with Gasteiger partial charge in [-0.25, -0.2) is 0 Å². The van der Waals surface area contributed by atoms with E-state index in [1.165, 1.54) is 19.3 Å². The van der Waals surface area contributed by atoms with Gasteiger partial charge in [-0.1, -0.05) is 0 Å². The van der Waals surface area contributed by atoms with Crippen LogP contribution in [0.1, 0.15) is 35.5 Å². The predicted octanol–water partition coefficient (Wildman–Crippen LogP) is 1.79. The lowest BCUT2D eigenvalue weighted by Gasteiger charge is -2.24. The zero-order valence-electron chi connectivity index (χ0n) is 8.32. The number of hydrogen-bond donors (Lipinski definition) is 0. The van der Waals surface area contributed by atoms with Gasteiger partial charge >= 0.3 is 0 Å². The standard InChI is InChI=1S/C10H14N2O2/c1-8-9(7-13)14-10(11-8)12-5-3-2-4-6-12/h7H,2-6H2,1H3. The first-order valence-corrected chi connectivity index (χ1v) is 4.99. The van der Waals surface area contributed by atoms with E-state index in [0.29, 0.717) is 17.5 Å². The maximum Gasteiger partial charge on any atom is 0.298 e. The van der Waals surface area contributed by atoms with Crippen LogP contribution in [0.5, 0.6) is 0 Å². The normalized spacial score (nSPS) is 17.1. The zero-order chi connectivity index (χ0) is 9.97. The van der Waals surface area contributed by atoms with Gasteiger partial charge in [0.2, 0.25) is 0 Å². The number of hydrogen-bond acceptors (Lipinski definition) is 4. The second-order valence-electron chi connectivity index (χ2n) is 3.61. The van der Waals surface area contributed by atoms with Crippen molar-refractivity contribution < 1.29 is 9.21 Å². The summed E-state index contributed by atoms with van der Waals surface area (Å²) in [5.74, 6) is 0.352. The zero-order valence-corrected chi connectivity index (χ0v) is 8.32. The summed E-state index contributed by atoms with van der Waals surface area (Å²) in [6.45, 7) is 3.76. The Bertz CT molecular complexity index is 327. The number of anilines is 1. The van der Waals surface area contributed by atoms with Crippen LogP contribution in [-0.2, 0) is 0 Å². The molecule has 2 heterocycles. The smallest absolute Gasteiger partial charge is 0.298 e. The Morgan fingerprint density at radius 2 is 2.07 bits per heavy atom. The molecule has 0 aliphatic carbocycles.